The van der Waals surface area contributed by atoms with E-state index in [-0.39, 0.29) is 12.4 Å². The Hall–Kier alpha value is -1.01. The quantitative estimate of drug-likeness (QED) is 0.439. The molecule has 0 aliphatic rings. The summed E-state index contributed by atoms with van der Waals surface area (Å²) in [5.74, 6) is -0.411. The van der Waals surface area contributed by atoms with E-state index in [1.807, 2.05) is 0 Å². The van der Waals surface area contributed by atoms with E-state index in [0.717, 1.165) is 0 Å². The van der Waals surface area contributed by atoms with Gasteiger partial charge in [0.1, 0.15) is 6.04 Å². The zero-order chi connectivity index (χ0) is 11.0. The lowest BCUT2D eigenvalue weighted by atomic mass is 10.2. The van der Waals surface area contributed by atoms with Gasteiger partial charge in [0.05, 0.1) is 6.61 Å². The van der Waals surface area contributed by atoms with Crippen molar-refractivity contribution >= 4 is 24.4 Å². The number of nitrogens with one attached hydrogen (secondary N) is 1. The van der Waals surface area contributed by atoms with E-state index in [9.17, 15) is 9.59 Å². The van der Waals surface area contributed by atoms with Gasteiger partial charge in [-0.05, 0) is 19.8 Å². The molecule has 0 saturated carbocycles. The Labute approximate surface area is 95.1 Å². The van der Waals surface area contributed by atoms with Crippen LogP contribution in [0, 0.1) is 0 Å². The Morgan fingerprint density at radius 3 is 2.53 bits per heavy atom. The van der Waals surface area contributed by atoms with Gasteiger partial charge >= 0.3 is 12.0 Å². The predicted octanol–water partition coefficient (Wildman–Crippen LogP) is -0.253. The summed E-state index contributed by atoms with van der Waals surface area (Å²) in [4.78, 5) is 21.3. The van der Waals surface area contributed by atoms with Gasteiger partial charge in [-0.1, -0.05) is 0 Å². The number of rotatable bonds is 6. The lowest BCUT2D eigenvalue weighted by Crippen LogP contribution is -2.34. The molecule has 5 N–H and O–H groups in total. The Bertz CT molecular complexity index is 202. The average molecular weight is 240 g/mol. The summed E-state index contributed by atoms with van der Waals surface area (Å²) in [5, 5.41) is 2.40. The van der Waals surface area contributed by atoms with Crippen molar-refractivity contribution in [3.8, 4) is 0 Å². The number of primary amides is 1. The van der Waals surface area contributed by atoms with Gasteiger partial charge in [-0.25, -0.2) is 4.79 Å². The zero-order valence-electron chi connectivity index (χ0n) is 8.69. The van der Waals surface area contributed by atoms with Crippen LogP contribution in [0.15, 0.2) is 0 Å². The average Bonchev–Trinajstić information content (AvgIpc) is 2.12. The van der Waals surface area contributed by atoms with Crippen LogP contribution in [-0.4, -0.2) is 31.2 Å². The molecule has 0 aromatic heterocycles. The van der Waals surface area contributed by atoms with Gasteiger partial charge in [0.2, 0.25) is 0 Å². The first-order chi connectivity index (χ1) is 6.57. The maximum Gasteiger partial charge on any atom is 0.322 e. The molecular formula is C8H18ClN3O3. The third-order valence-corrected chi connectivity index (χ3v) is 1.58. The van der Waals surface area contributed by atoms with Crippen LogP contribution < -0.4 is 16.8 Å². The molecule has 0 aromatic rings. The standard InChI is InChI=1S/C8H17N3O3.ClH/c1-2-14-7(12)6(9)4-3-5-11-8(10)13;/h6H,2-5,9H2,1H3,(H3,10,11,13);1H/t6-;/m1./s1. The van der Waals surface area contributed by atoms with E-state index in [0.29, 0.717) is 26.0 Å². The second kappa shape index (κ2) is 9.54. The molecule has 0 unspecified atom stereocenters. The lowest BCUT2D eigenvalue weighted by Gasteiger charge is -2.09. The van der Waals surface area contributed by atoms with Crippen LogP contribution in [0.1, 0.15) is 19.8 Å². The first-order valence-electron chi connectivity index (χ1n) is 4.53. The smallest absolute Gasteiger partial charge is 0.322 e. The monoisotopic (exact) mass is 239 g/mol. The predicted molar refractivity (Wildman–Crippen MR) is 58.7 cm³/mol. The van der Waals surface area contributed by atoms with Crippen LogP contribution >= 0.6 is 12.4 Å². The largest absolute Gasteiger partial charge is 0.465 e. The van der Waals surface area contributed by atoms with Crippen LogP contribution in [0.2, 0.25) is 0 Å². The molecule has 6 nitrogen and oxygen atoms in total. The number of ether oxygens (including phenoxy) is 1. The lowest BCUT2D eigenvalue weighted by molar-refractivity contribution is -0.144. The zero-order valence-corrected chi connectivity index (χ0v) is 9.51. The molecule has 7 heteroatoms. The van der Waals surface area contributed by atoms with E-state index in [4.69, 9.17) is 16.2 Å². The van der Waals surface area contributed by atoms with Crippen molar-refractivity contribution in [2.45, 2.75) is 25.8 Å². The second-order valence-electron chi connectivity index (χ2n) is 2.79. The van der Waals surface area contributed by atoms with E-state index in [1.165, 1.54) is 0 Å². The molecule has 90 valence electrons. The molecule has 0 heterocycles. The fourth-order valence-corrected chi connectivity index (χ4v) is 0.901. The molecule has 15 heavy (non-hydrogen) atoms. The molecule has 0 rings (SSSR count). The van der Waals surface area contributed by atoms with Crippen molar-refractivity contribution < 1.29 is 14.3 Å². The number of halogens is 1. The third-order valence-electron chi connectivity index (χ3n) is 1.58. The SMILES string of the molecule is CCOC(=O)[C@H](N)CCCNC(N)=O.Cl. The fraction of sp³-hybridized carbons (Fsp3) is 0.750. The van der Waals surface area contributed by atoms with Crippen LogP contribution in [0.4, 0.5) is 4.79 Å². The first-order valence-corrected chi connectivity index (χ1v) is 4.53. The van der Waals surface area contributed by atoms with Crippen molar-refractivity contribution in [1.82, 2.24) is 5.32 Å². The summed E-state index contributed by atoms with van der Waals surface area (Å²) < 4.78 is 4.71. The minimum Gasteiger partial charge on any atom is -0.465 e. The maximum atomic E-state index is 11.0. The van der Waals surface area contributed by atoms with Crippen molar-refractivity contribution in [3.63, 3.8) is 0 Å². The van der Waals surface area contributed by atoms with Gasteiger partial charge in [-0.15, -0.1) is 12.4 Å². The van der Waals surface area contributed by atoms with Crippen LogP contribution in [-0.2, 0) is 9.53 Å². The number of carbonyl (C=O) groups excluding carboxylic acids is 2. The fourth-order valence-electron chi connectivity index (χ4n) is 0.901. The van der Waals surface area contributed by atoms with Gasteiger partial charge in [-0.2, -0.15) is 0 Å². The Kier molecular flexibility index (Phi) is 10.4. The summed E-state index contributed by atoms with van der Waals surface area (Å²) in [6, 6.07) is -1.20. The highest BCUT2D eigenvalue weighted by Gasteiger charge is 2.13. The number of nitrogens with two attached hydrogens (primary N) is 2. The van der Waals surface area contributed by atoms with Gasteiger partial charge in [-0.3, -0.25) is 4.79 Å². The summed E-state index contributed by atoms with van der Waals surface area (Å²) in [6.07, 6.45) is 1.07. The molecule has 0 aliphatic carbocycles. The molecule has 1 atom stereocenters. The molecule has 0 bridgehead atoms. The van der Waals surface area contributed by atoms with Crippen molar-refractivity contribution in [2.24, 2.45) is 11.5 Å². The molecule has 0 saturated heterocycles. The molecule has 0 aliphatic heterocycles. The normalized spacial score (nSPS) is 11.1. The van der Waals surface area contributed by atoms with Gasteiger partial charge in [0, 0.05) is 6.54 Å². The maximum absolute atomic E-state index is 11.0. The van der Waals surface area contributed by atoms with E-state index in [2.05, 4.69) is 5.32 Å². The van der Waals surface area contributed by atoms with E-state index < -0.39 is 18.0 Å². The van der Waals surface area contributed by atoms with Gasteiger partial charge in [0.25, 0.3) is 0 Å². The minimum atomic E-state index is -0.621. The Morgan fingerprint density at radius 1 is 1.47 bits per heavy atom. The number of esters is 1. The topological polar surface area (TPSA) is 107 Å². The highest BCUT2D eigenvalue weighted by Crippen LogP contribution is 1.95. The summed E-state index contributed by atoms with van der Waals surface area (Å²) in [5.41, 5.74) is 10.3. The van der Waals surface area contributed by atoms with E-state index >= 15 is 0 Å². The van der Waals surface area contributed by atoms with E-state index in [1.54, 1.807) is 6.92 Å². The first kappa shape index (κ1) is 16.4. The highest BCUT2D eigenvalue weighted by atomic mass is 35.5. The Morgan fingerprint density at radius 2 is 2.07 bits per heavy atom. The molecule has 2 amide bonds. The molecular weight excluding hydrogens is 222 g/mol. The van der Waals surface area contributed by atoms with Crippen molar-refractivity contribution in [2.75, 3.05) is 13.2 Å². The van der Waals surface area contributed by atoms with Gasteiger partial charge in [0.15, 0.2) is 0 Å². The molecule has 0 aromatic carbocycles. The van der Waals surface area contributed by atoms with Crippen LogP contribution in [0.5, 0.6) is 0 Å². The molecule has 0 spiro atoms. The van der Waals surface area contributed by atoms with Gasteiger partial charge < -0.3 is 21.5 Å². The number of amides is 2. The minimum absolute atomic E-state index is 0. The molecule has 0 radical (unpaired) electrons. The number of hydrogen-bond acceptors (Lipinski definition) is 4. The van der Waals surface area contributed by atoms with Crippen molar-refractivity contribution in [1.29, 1.82) is 0 Å². The number of hydrogen-bond donors (Lipinski definition) is 3. The second-order valence-corrected chi connectivity index (χ2v) is 2.79. The number of carbonyl (C=O) groups is 2. The Balaban J connectivity index is 0. The molecule has 0 fully saturated rings. The summed E-state index contributed by atoms with van der Waals surface area (Å²) >= 11 is 0. The summed E-state index contributed by atoms with van der Waals surface area (Å²) in [6.45, 7) is 2.47. The third kappa shape index (κ3) is 9.30. The van der Waals surface area contributed by atoms with Crippen LogP contribution in [0.3, 0.4) is 0 Å². The summed E-state index contributed by atoms with van der Waals surface area (Å²) in [7, 11) is 0. The highest BCUT2D eigenvalue weighted by molar-refractivity contribution is 5.85. The number of urea groups is 1. The van der Waals surface area contributed by atoms with Crippen LogP contribution in [0.25, 0.3) is 0 Å². The van der Waals surface area contributed by atoms with Crippen molar-refractivity contribution in [3.05, 3.63) is 0 Å².